The van der Waals surface area contributed by atoms with Crippen molar-refractivity contribution in [3.05, 3.63) is 35.1 Å². The molecule has 0 bridgehead atoms. The van der Waals surface area contributed by atoms with Crippen molar-refractivity contribution in [1.29, 1.82) is 0 Å². The van der Waals surface area contributed by atoms with Crippen LogP contribution in [0.4, 0.5) is 4.39 Å². The second kappa shape index (κ2) is 6.67. The maximum absolute atomic E-state index is 13.7. The summed E-state index contributed by atoms with van der Waals surface area (Å²) < 4.78 is 13.7. The number of benzene rings is 1. The summed E-state index contributed by atoms with van der Waals surface area (Å²) in [4.78, 5) is 0. The number of hydrogen-bond donors (Lipinski definition) is 0. The van der Waals surface area contributed by atoms with Crippen molar-refractivity contribution >= 4 is 0 Å². The van der Waals surface area contributed by atoms with E-state index >= 15 is 0 Å². The van der Waals surface area contributed by atoms with Gasteiger partial charge < -0.3 is 0 Å². The van der Waals surface area contributed by atoms with Gasteiger partial charge in [-0.3, -0.25) is 0 Å². The smallest absolute Gasteiger partial charge is 0.126 e. The van der Waals surface area contributed by atoms with Crippen LogP contribution in [0.15, 0.2) is 18.2 Å². The van der Waals surface area contributed by atoms with Gasteiger partial charge in [-0.2, -0.15) is 0 Å². The molecule has 0 saturated heterocycles. The van der Waals surface area contributed by atoms with Crippen molar-refractivity contribution in [1.82, 2.24) is 0 Å². The fourth-order valence-corrected chi connectivity index (χ4v) is 2.04. The normalized spacial score (nSPS) is 11.1. The van der Waals surface area contributed by atoms with Gasteiger partial charge in [-0.05, 0) is 42.4 Å². The molecule has 0 nitrogen and oxygen atoms in total. The van der Waals surface area contributed by atoms with Gasteiger partial charge in [0.2, 0.25) is 0 Å². The van der Waals surface area contributed by atoms with Crippen LogP contribution in [-0.2, 0) is 12.8 Å². The fraction of sp³-hybridized carbons (Fsp3) is 0.600. The molecule has 0 spiro atoms. The Balaban J connectivity index is 2.76. The first-order valence-corrected chi connectivity index (χ1v) is 6.41. The van der Waals surface area contributed by atoms with E-state index in [2.05, 4.69) is 26.8 Å². The maximum atomic E-state index is 13.7. The number of unbranched alkanes of at least 4 members (excludes halogenated alkanes) is 2. The molecule has 0 aromatic heterocycles. The lowest BCUT2D eigenvalue weighted by Gasteiger charge is -2.12. The Hall–Kier alpha value is -0.850. The van der Waals surface area contributed by atoms with Crippen LogP contribution in [0.5, 0.6) is 0 Å². The summed E-state index contributed by atoms with van der Waals surface area (Å²) in [7, 11) is 0. The van der Waals surface area contributed by atoms with Crippen LogP contribution in [0.1, 0.15) is 51.2 Å². The van der Waals surface area contributed by atoms with E-state index in [1.807, 2.05) is 6.07 Å². The second-order valence-corrected chi connectivity index (χ2v) is 4.93. The Bertz CT molecular complexity index is 315. The average molecular weight is 222 g/mol. The van der Waals surface area contributed by atoms with Gasteiger partial charge >= 0.3 is 0 Å². The van der Waals surface area contributed by atoms with Crippen LogP contribution in [0, 0.1) is 11.7 Å². The van der Waals surface area contributed by atoms with E-state index in [0.717, 1.165) is 18.4 Å². The van der Waals surface area contributed by atoms with E-state index in [0.29, 0.717) is 5.92 Å². The molecule has 0 N–H and O–H groups in total. The highest BCUT2D eigenvalue weighted by Crippen LogP contribution is 2.19. The van der Waals surface area contributed by atoms with Crippen molar-refractivity contribution in [3.63, 3.8) is 0 Å². The van der Waals surface area contributed by atoms with Gasteiger partial charge in [0, 0.05) is 0 Å². The van der Waals surface area contributed by atoms with E-state index in [4.69, 9.17) is 0 Å². The predicted molar refractivity (Wildman–Crippen MR) is 68.2 cm³/mol. The van der Waals surface area contributed by atoms with Gasteiger partial charge in [0.05, 0.1) is 0 Å². The third kappa shape index (κ3) is 3.96. The van der Waals surface area contributed by atoms with Crippen molar-refractivity contribution in [2.75, 3.05) is 0 Å². The number of aryl methyl sites for hydroxylation is 1. The molecule has 0 aliphatic rings. The number of rotatable bonds is 6. The minimum atomic E-state index is -0.0253. The summed E-state index contributed by atoms with van der Waals surface area (Å²) in [6.07, 6.45) is 5.50. The summed E-state index contributed by atoms with van der Waals surface area (Å²) in [6.45, 7) is 6.48. The van der Waals surface area contributed by atoms with Crippen LogP contribution in [0.3, 0.4) is 0 Å². The second-order valence-electron chi connectivity index (χ2n) is 4.93. The zero-order chi connectivity index (χ0) is 12.0. The molecule has 0 heterocycles. The number of halogens is 1. The van der Waals surface area contributed by atoms with E-state index in [1.54, 1.807) is 6.07 Å². The van der Waals surface area contributed by atoms with Crippen LogP contribution >= 0.6 is 0 Å². The molecule has 16 heavy (non-hydrogen) atoms. The monoisotopic (exact) mass is 222 g/mol. The standard InChI is InChI=1S/C15H23F/c1-4-5-6-8-13-9-7-10-15(16)14(13)11-12(2)3/h7,9-10,12H,4-6,8,11H2,1-3H3. The molecule has 0 unspecified atom stereocenters. The van der Waals surface area contributed by atoms with E-state index < -0.39 is 0 Å². The van der Waals surface area contributed by atoms with Crippen molar-refractivity contribution in [3.8, 4) is 0 Å². The highest BCUT2D eigenvalue weighted by molar-refractivity contribution is 5.29. The van der Waals surface area contributed by atoms with Crippen LogP contribution in [0.25, 0.3) is 0 Å². The molecule has 0 aliphatic heterocycles. The molecule has 1 heteroatoms. The van der Waals surface area contributed by atoms with E-state index in [1.165, 1.54) is 24.8 Å². The largest absolute Gasteiger partial charge is 0.207 e. The molecule has 1 aromatic rings. The molecule has 1 rings (SSSR count). The zero-order valence-corrected chi connectivity index (χ0v) is 10.7. The summed E-state index contributed by atoms with van der Waals surface area (Å²) in [5.74, 6) is 0.490. The molecule has 0 atom stereocenters. The zero-order valence-electron chi connectivity index (χ0n) is 10.7. The van der Waals surface area contributed by atoms with Gasteiger partial charge in [0.25, 0.3) is 0 Å². The van der Waals surface area contributed by atoms with Crippen LogP contribution in [0.2, 0.25) is 0 Å². The summed E-state index contributed by atoms with van der Waals surface area (Å²) in [6, 6.07) is 5.50. The molecule has 0 aliphatic carbocycles. The van der Waals surface area contributed by atoms with Crippen molar-refractivity contribution in [2.45, 2.75) is 52.9 Å². The maximum Gasteiger partial charge on any atom is 0.126 e. The van der Waals surface area contributed by atoms with Gasteiger partial charge in [-0.25, -0.2) is 4.39 Å². The number of hydrogen-bond acceptors (Lipinski definition) is 0. The highest BCUT2D eigenvalue weighted by Gasteiger charge is 2.09. The summed E-state index contributed by atoms with van der Waals surface area (Å²) in [5, 5.41) is 0. The minimum Gasteiger partial charge on any atom is -0.207 e. The molecule has 90 valence electrons. The van der Waals surface area contributed by atoms with E-state index in [-0.39, 0.29) is 5.82 Å². The van der Waals surface area contributed by atoms with Crippen molar-refractivity contribution in [2.24, 2.45) is 5.92 Å². The molecule has 0 radical (unpaired) electrons. The molecular formula is C15H23F. The first kappa shape index (κ1) is 13.2. The third-order valence-electron chi connectivity index (χ3n) is 2.88. The van der Waals surface area contributed by atoms with E-state index in [9.17, 15) is 4.39 Å². The first-order valence-electron chi connectivity index (χ1n) is 6.41. The topological polar surface area (TPSA) is 0 Å². The van der Waals surface area contributed by atoms with Crippen molar-refractivity contribution < 1.29 is 4.39 Å². The quantitative estimate of drug-likeness (QED) is 0.609. The van der Waals surface area contributed by atoms with Gasteiger partial charge in [-0.1, -0.05) is 45.7 Å². The molecule has 0 amide bonds. The lowest BCUT2D eigenvalue weighted by Crippen LogP contribution is -2.03. The molecule has 0 fully saturated rings. The fourth-order valence-electron chi connectivity index (χ4n) is 2.04. The Morgan fingerprint density at radius 3 is 2.56 bits per heavy atom. The Morgan fingerprint density at radius 1 is 1.19 bits per heavy atom. The molecular weight excluding hydrogens is 199 g/mol. The Kier molecular flexibility index (Phi) is 5.51. The van der Waals surface area contributed by atoms with Gasteiger partial charge in [0.1, 0.15) is 5.82 Å². The first-order chi connectivity index (χ1) is 7.65. The SMILES string of the molecule is CCCCCc1cccc(F)c1CC(C)C. The van der Waals surface area contributed by atoms with Gasteiger partial charge in [0.15, 0.2) is 0 Å². The van der Waals surface area contributed by atoms with Crippen LogP contribution < -0.4 is 0 Å². The highest BCUT2D eigenvalue weighted by atomic mass is 19.1. The molecule has 1 aromatic carbocycles. The lowest BCUT2D eigenvalue weighted by atomic mass is 9.94. The van der Waals surface area contributed by atoms with Crippen LogP contribution in [-0.4, -0.2) is 0 Å². The minimum absolute atomic E-state index is 0.0253. The predicted octanol–water partition coefficient (Wildman–Crippen LogP) is 4.76. The Labute approximate surface area is 98.9 Å². The average Bonchev–Trinajstić information content (AvgIpc) is 2.23. The summed E-state index contributed by atoms with van der Waals surface area (Å²) in [5.41, 5.74) is 2.15. The Morgan fingerprint density at radius 2 is 1.94 bits per heavy atom. The van der Waals surface area contributed by atoms with Gasteiger partial charge in [-0.15, -0.1) is 0 Å². The lowest BCUT2D eigenvalue weighted by molar-refractivity contribution is 0.566. The third-order valence-corrected chi connectivity index (χ3v) is 2.88. The molecule has 0 saturated carbocycles. The summed E-state index contributed by atoms with van der Waals surface area (Å²) >= 11 is 0.